The Bertz CT molecular complexity index is 841. The lowest BCUT2D eigenvalue weighted by Crippen LogP contribution is -2.22. The minimum atomic E-state index is -4.47. The molecule has 4 nitrogen and oxygen atoms in total. The van der Waals surface area contributed by atoms with Gasteiger partial charge in [0.15, 0.2) is 0 Å². The predicted octanol–water partition coefficient (Wildman–Crippen LogP) is 4.00. The standard InChI is InChI=1S/C19H15F3O4/c1-26-16(23)12-4-2-11(3-5-12)15-10-18(15,17(24)25)13-6-8-14(9-7-13)19(20,21)22/h2-9,15H,10H2,1H3,(H,24,25)/t15?,18-/m0/s1. The molecule has 2 aromatic carbocycles. The second kappa shape index (κ2) is 6.16. The lowest BCUT2D eigenvalue weighted by atomic mass is 9.90. The minimum Gasteiger partial charge on any atom is -0.481 e. The van der Waals surface area contributed by atoms with Crippen molar-refractivity contribution >= 4 is 11.9 Å². The Morgan fingerprint density at radius 2 is 1.65 bits per heavy atom. The zero-order valence-electron chi connectivity index (χ0n) is 13.7. The van der Waals surface area contributed by atoms with Gasteiger partial charge in [-0.2, -0.15) is 13.2 Å². The zero-order valence-corrected chi connectivity index (χ0v) is 13.7. The molecule has 3 rings (SSSR count). The topological polar surface area (TPSA) is 63.6 Å². The molecule has 0 amide bonds. The maximum atomic E-state index is 12.7. The molecule has 0 bridgehead atoms. The molecule has 1 aliphatic rings. The molecule has 7 heteroatoms. The number of benzene rings is 2. The molecule has 2 atom stereocenters. The summed E-state index contributed by atoms with van der Waals surface area (Å²) in [5, 5.41) is 9.70. The van der Waals surface area contributed by atoms with Crippen LogP contribution < -0.4 is 0 Å². The van der Waals surface area contributed by atoms with E-state index < -0.39 is 29.1 Å². The molecule has 2 aromatic rings. The molecular weight excluding hydrogens is 349 g/mol. The highest BCUT2D eigenvalue weighted by atomic mass is 19.4. The minimum absolute atomic E-state index is 0.283. The highest BCUT2D eigenvalue weighted by Gasteiger charge is 2.62. The normalized spacial score (nSPS) is 21.9. The van der Waals surface area contributed by atoms with Crippen molar-refractivity contribution in [3.05, 3.63) is 70.8 Å². The van der Waals surface area contributed by atoms with Gasteiger partial charge in [-0.3, -0.25) is 4.79 Å². The predicted molar refractivity (Wildman–Crippen MR) is 85.9 cm³/mol. The van der Waals surface area contributed by atoms with E-state index in [1.165, 1.54) is 19.2 Å². The number of hydrogen-bond acceptors (Lipinski definition) is 3. The molecule has 26 heavy (non-hydrogen) atoms. The van der Waals surface area contributed by atoms with Crippen molar-refractivity contribution in [1.29, 1.82) is 0 Å². The number of ether oxygens (including phenoxy) is 1. The molecule has 136 valence electrons. The van der Waals surface area contributed by atoms with Gasteiger partial charge in [0.1, 0.15) is 5.41 Å². The summed E-state index contributed by atoms with van der Waals surface area (Å²) >= 11 is 0. The van der Waals surface area contributed by atoms with Gasteiger partial charge < -0.3 is 9.84 Å². The van der Waals surface area contributed by atoms with E-state index in [1.807, 2.05) is 0 Å². The van der Waals surface area contributed by atoms with Gasteiger partial charge in [-0.1, -0.05) is 24.3 Å². The molecule has 0 heterocycles. The second-order valence-electron chi connectivity index (χ2n) is 6.22. The van der Waals surface area contributed by atoms with Gasteiger partial charge in [-0.25, -0.2) is 4.79 Å². The highest BCUT2D eigenvalue weighted by Crippen LogP contribution is 2.60. The average Bonchev–Trinajstić information content (AvgIpc) is 3.38. The molecule has 1 N–H and O–H groups in total. The van der Waals surface area contributed by atoms with Gasteiger partial charge >= 0.3 is 18.1 Å². The Balaban J connectivity index is 1.90. The third-order valence-corrected chi connectivity index (χ3v) is 4.80. The number of rotatable bonds is 4. The third-order valence-electron chi connectivity index (χ3n) is 4.80. The first-order valence-corrected chi connectivity index (χ1v) is 7.79. The Kier molecular flexibility index (Phi) is 4.26. The molecule has 1 aliphatic carbocycles. The number of esters is 1. The molecule has 0 saturated heterocycles. The summed E-state index contributed by atoms with van der Waals surface area (Å²) in [4.78, 5) is 23.3. The van der Waals surface area contributed by atoms with E-state index in [-0.39, 0.29) is 12.3 Å². The fraction of sp³-hybridized carbons (Fsp3) is 0.263. The molecule has 0 aromatic heterocycles. The van der Waals surface area contributed by atoms with Gasteiger partial charge in [0.05, 0.1) is 18.2 Å². The first-order valence-electron chi connectivity index (χ1n) is 7.79. The first-order chi connectivity index (χ1) is 12.2. The number of carbonyl (C=O) groups excluding carboxylic acids is 1. The summed E-state index contributed by atoms with van der Waals surface area (Å²) in [5.74, 6) is -1.96. The van der Waals surface area contributed by atoms with Crippen LogP contribution in [0.3, 0.4) is 0 Å². The van der Waals surface area contributed by atoms with Gasteiger partial charge in [0, 0.05) is 5.92 Å². The SMILES string of the molecule is COC(=O)c1ccc(C2C[C@]2(C(=O)O)c2ccc(C(F)(F)F)cc2)cc1. The number of carboxylic acid groups (broad SMARTS) is 1. The summed E-state index contributed by atoms with van der Waals surface area (Å²) in [6.45, 7) is 0. The van der Waals surface area contributed by atoms with Crippen LogP contribution in [0.25, 0.3) is 0 Å². The van der Waals surface area contributed by atoms with Gasteiger partial charge in [0.2, 0.25) is 0 Å². The average molecular weight is 364 g/mol. The van der Waals surface area contributed by atoms with E-state index in [0.29, 0.717) is 16.7 Å². The van der Waals surface area contributed by atoms with Crippen molar-refractivity contribution in [2.45, 2.75) is 23.9 Å². The molecule has 0 radical (unpaired) electrons. The molecule has 0 aliphatic heterocycles. The summed E-state index contributed by atoms with van der Waals surface area (Å²) in [5.41, 5.74) is -0.689. The number of halogens is 3. The van der Waals surface area contributed by atoms with Crippen LogP contribution in [0.4, 0.5) is 13.2 Å². The van der Waals surface area contributed by atoms with Crippen LogP contribution in [-0.4, -0.2) is 24.2 Å². The van der Waals surface area contributed by atoms with E-state index in [1.54, 1.807) is 24.3 Å². The Hall–Kier alpha value is -2.83. The number of hydrogen-bond donors (Lipinski definition) is 1. The van der Waals surface area contributed by atoms with E-state index in [9.17, 15) is 27.9 Å². The van der Waals surface area contributed by atoms with Crippen LogP contribution in [0.15, 0.2) is 48.5 Å². The quantitative estimate of drug-likeness (QED) is 0.833. The van der Waals surface area contributed by atoms with E-state index in [2.05, 4.69) is 4.74 Å². The monoisotopic (exact) mass is 364 g/mol. The van der Waals surface area contributed by atoms with Crippen LogP contribution in [0.5, 0.6) is 0 Å². The number of carbonyl (C=O) groups is 2. The third kappa shape index (κ3) is 2.94. The number of carboxylic acids is 1. The van der Waals surface area contributed by atoms with Crippen molar-refractivity contribution in [1.82, 2.24) is 0 Å². The highest BCUT2D eigenvalue weighted by molar-refractivity contribution is 5.90. The Morgan fingerprint density at radius 1 is 1.08 bits per heavy atom. The number of methoxy groups -OCH3 is 1. The van der Waals surface area contributed by atoms with Crippen LogP contribution in [0, 0.1) is 0 Å². The lowest BCUT2D eigenvalue weighted by Gasteiger charge is -2.15. The van der Waals surface area contributed by atoms with E-state index in [0.717, 1.165) is 12.1 Å². The Morgan fingerprint density at radius 3 is 2.12 bits per heavy atom. The molecule has 1 saturated carbocycles. The fourth-order valence-corrected chi connectivity index (χ4v) is 3.27. The molecule has 1 unspecified atom stereocenters. The van der Waals surface area contributed by atoms with Gasteiger partial charge in [0.25, 0.3) is 0 Å². The van der Waals surface area contributed by atoms with Gasteiger partial charge in [-0.05, 0) is 41.8 Å². The van der Waals surface area contributed by atoms with Crippen LogP contribution in [0.2, 0.25) is 0 Å². The number of alkyl halides is 3. The Labute approximate surface area is 147 Å². The summed E-state index contributed by atoms with van der Waals surface area (Å²) in [6.07, 6.45) is -4.19. The lowest BCUT2D eigenvalue weighted by molar-refractivity contribution is -0.140. The second-order valence-corrected chi connectivity index (χ2v) is 6.22. The van der Waals surface area contributed by atoms with E-state index >= 15 is 0 Å². The fourth-order valence-electron chi connectivity index (χ4n) is 3.27. The zero-order chi connectivity index (χ0) is 19.1. The molecule has 1 fully saturated rings. The van der Waals surface area contributed by atoms with E-state index in [4.69, 9.17) is 0 Å². The molecule has 0 spiro atoms. The molecular formula is C19H15F3O4. The van der Waals surface area contributed by atoms with Crippen molar-refractivity contribution in [3.8, 4) is 0 Å². The maximum Gasteiger partial charge on any atom is 0.416 e. The van der Waals surface area contributed by atoms with Crippen molar-refractivity contribution < 1.29 is 32.6 Å². The van der Waals surface area contributed by atoms with Gasteiger partial charge in [-0.15, -0.1) is 0 Å². The van der Waals surface area contributed by atoms with Crippen molar-refractivity contribution in [2.75, 3.05) is 7.11 Å². The van der Waals surface area contributed by atoms with Crippen LogP contribution >= 0.6 is 0 Å². The maximum absolute atomic E-state index is 12.7. The van der Waals surface area contributed by atoms with Crippen LogP contribution in [-0.2, 0) is 21.1 Å². The van der Waals surface area contributed by atoms with Crippen LogP contribution in [0.1, 0.15) is 39.4 Å². The summed E-state index contributed by atoms with van der Waals surface area (Å²) in [6, 6.07) is 10.6. The summed E-state index contributed by atoms with van der Waals surface area (Å²) < 4.78 is 42.7. The summed E-state index contributed by atoms with van der Waals surface area (Å²) in [7, 11) is 1.26. The van der Waals surface area contributed by atoms with Crippen molar-refractivity contribution in [2.24, 2.45) is 0 Å². The smallest absolute Gasteiger partial charge is 0.416 e. The van der Waals surface area contributed by atoms with Crippen molar-refractivity contribution in [3.63, 3.8) is 0 Å². The first kappa shape index (κ1) is 18.0. The number of aliphatic carboxylic acids is 1. The largest absolute Gasteiger partial charge is 0.481 e.